The molecule has 0 fully saturated rings. The van der Waals surface area contributed by atoms with Gasteiger partial charge in [0, 0.05) is 18.8 Å². The lowest BCUT2D eigenvalue weighted by atomic mass is 10.3. The fourth-order valence-corrected chi connectivity index (χ4v) is 1.39. The van der Waals surface area contributed by atoms with Gasteiger partial charge in [-0.25, -0.2) is 9.18 Å². The molecule has 0 unspecified atom stereocenters. The zero-order valence-corrected chi connectivity index (χ0v) is 9.66. The predicted octanol–water partition coefficient (Wildman–Crippen LogP) is 2.77. The summed E-state index contributed by atoms with van der Waals surface area (Å²) in [5, 5.41) is 2.79. The molecule has 0 aromatic heterocycles. The number of anilines is 1. The molecular formula is C12H17FN2O. The minimum atomic E-state index is -0.297. The Bertz CT molecular complexity index is 337. The Balaban J connectivity index is 2.73. The van der Waals surface area contributed by atoms with Crippen LogP contribution in [0.3, 0.4) is 0 Å². The van der Waals surface area contributed by atoms with Crippen molar-refractivity contribution >= 4 is 11.7 Å². The van der Waals surface area contributed by atoms with E-state index in [1.54, 1.807) is 17.0 Å². The maximum absolute atomic E-state index is 12.7. The van der Waals surface area contributed by atoms with E-state index in [9.17, 15) is 9.18 Å². The van der Waals surface area contributed by atoms with Crippen LogP contribution in [0.1, 0.15) is 20.3 Å². The summed E-state index contributed by atoms with van der Waals surface area (Å²) >= 11 is 0. The highest BCUT2D eigenvalue weighted by molar-refractivity contribution is 5.91. The smallest absolute Gasteiger partial charge is 0.321 e. The molecule has 16 heavy (non-hydrogen) atoms. The summed E-state index contributed by atoms with van der Waals surface area (Å²) in [6.45, 7) is 5.08. The Morgan fingerprint density at radius 2 is 1.94 bits per heavy atom. The number of amides is 2. The minimum Gasteiger partial charge on any atom is -0.338 e. The van der Waals surface area contributed by atoms with Crippen LogP contribution in [0.2, 0.25) is 0 Å². The monoisotopic (exact) mass is 224 g/mol. The third-order valence-electron chi connectivity index (χ3n) is 2.23. The van der Waals surface area contributed by atoms with Crippen molar-refractivity contribution < 1.29 is 9.18 Å². The number of hydrogen-bond acceptors (Lipinski definition) is 1. The number of urea groups is 1. The van der Waals surface area contributed by atoms with Crippen LogP contribution >= 0.6 is 0 Å². The van der Waals surface area contributed by atoms with Gasteiger partial charge in [-0.2, -0.15) is 0 Å². The van der Waals surface area contributed by atoms with E-state index >= 15 is 0 Å². The van der Waals surface area contributed by atoms with E-state index in [0.717, 1.165) is 6.42 Å². The number of nitrogens with one attached hydrogen (secondary N) is 1. The van der Waals surface area contributed by atoms with Crippen LogP contribution in [-0.2, 0) is 0 Å². The van der Waals surface area contributed by atoms with Gasteiger partial charge in [-0.15, -0.1) is 0 Å². The third-order valence-corrected chi connectivity index (χ3v) is 2.23. The second-order valence-electron chi connectivity index (χ2n) is 3.45. The van der Waals surface area contributed by atoms with Crippen molar-refractivity contribution in [3.63, 3.8) is 0 Å². The molecule has 3 nitrogen and oxygen atoms in total. The van der Waals surface area contributed by atoms with Gasteiger partial charge in [0.15, 0.2) is 0 Å². The number of carbonyl (C=O) groups excluding carboxylic acids is 1. The van der Waals surface area contributed by atoms with E-state index in [2.05, 4.69) is 5.32 Å². The first kappa shape index (κ1) is 12.5. The van der Waals surface area contributed by atoms with Gasteiger partial charge in [0.1, 0.15) is 5.82 Å². The van der Waals surface area contributed by atoms with Crippen molar-refractivity contribution in [3.8, 4) is 0 Å². The van der Waals surface area contributed by atoms with E-state index in [1.807, 2.05) is 13.8 Å². The van der Waals surface area contributed by atoms with Crippen LogP contribution in [0.5, 0.6) is 0 Å². The van der Waals surface area contributed by atoms with Crippen LogP contribution in [0.25, 0.3) is 0 Å². The molecule has 1 aromatic carbocycles. The molecule has 2 amide bonds. The molecule has 1 rings (SSSR count). The van der Waals surface area contributed by atoms with Gasteiger partial charge in [0.05, 0.1) is 0 Å². The highest BCUT2D eigenvalue weighted by Crippen LogP contribution is 2.14. The van der Waals surface area contributed by atoms with E-state index in [4.69, 9.17) is 0 Å². The van der Waals surface area contributed by atoms with Crippen molar-refractivity contribution in [3.05, 3.63) is 30.1 Å². The Morgan fingerprint density at radius 3 is 2.44 bits per heavy atom. The summed E-state index contributed by atoms with van der Waals surface area (Å²) in [4.78, 5) is 13.3. The number of nitrogens with zero attached hydrogens (tertiary/aromatic N) is 1. The van der Waals surface area contributed by atoms with E-state index in [0.29, 0.717) is 18.8 Å². The Hall–Kier alpha value is -1.58. The van der Waals surface area contributed by atoms with Crippen molar-refractivity contribution in [1.29, 1.82) is 0 Å². The number of rotatable bonds is 4. The highest BCUT2D eigenvalue weighted by atomic mass is 19.1. The Morgan fingerprint density at radius 1 is 1.31 bits per heavy atom. The summed E-state index contributed by atoms with van der Waals surface area (Å²) in [5.41, 5.74) is 0.706. The molecule has 1 aromatic rings. The third kappa shape index (κ3) is 3.22. The van der Waals surface area contributed by atoms with E-state index in [1.165, 1.54) is 12.1 Å². The van der Waals surface area contributed by atoms with Gasteiger partial charge in [0.25, 0.3) is 0 Å². The second kappa shape index (κ2) is 6.10. The largest absolute Gasteiger partial charge is 0.338 e. The molecule has 0 aliphatic rings. The second-order valence-corrected chi connectivity index (χ2v) is 3.45. The fourth-order valence-electron chi connectivity index (χ4n) is 1.39. The quantitative estimate of drug-likeness (QED) is 0.838. The van der Waals surface area contributed by atoms with Gasteiger partial charge in [-0.05, 0) is 37.6 Å². The summed E-state index contributed by atoms with van der Waals surface area (Å²) < 4.78 is 12.7. The average molecular weight is 224 g/mol. The van der Waals surface area contributed by atoms with Crippen LogP contribution in [0, 0.1) is 5.82 Å². The van der Waals surface area contributed by atoms with Gasteiger partial charge in [-0.1, -0.05) is 6.92 Å². The summed E-state index contributed by atoms with van der Waals surface area (Å²) in [7, 11) is 0. The van der Waals surface area contributed by atoms with Crippen LogP contribution in [0.15, 0.2) is 24.3 Å². The normalized spacial score (nSPS) is 9.94. The first-order valence-electron chi connectivity index (χ1n) is 5.50. The van der Waals surface area contributed by atoms with Crippen molar-refractivity contribution in [2.45, 2.75) is 20.3 Å². The molecule has 1 N–H and O–H groups in total. The van der Waals surface area contributed by atoms with Gasteiger partial charge in [-0.3, -0.25) is 4.90 Å². The molecule has 0 atom stereocenters. The summed E-state index contributed by atoms with van der Waals surface area (Å²) in [6, 6.07) is 5.77. The first-order chi connectivity index (χ1) is 7.69. The SMILES string of the molecule is CCCNC(=O)N(CC)c1ccc(F)cc1. The molecule has 0 heterocycles. The number of halogens is 1. The summed E-state index contributed by atoms with van der Waals surface area (Å²) in [5.74, 6) is -0.297. The zero-order chi connectivity index (χ0) is 12.0. The van der Waals surface area contributed by atoms with Crippen LogP contribution in [-0.4, -0.2) is 19.1 Å². The van der Waals surface area contributed by atoms with Gasteiger partial charge in [0.2, 0.25) is 0 Å². The standard InChI is InChI=1S/C12H17FN2O/c1-3-9-14-12(16)15(4-2)11-7-5-10(13)6-8-11/h5-8H,3-4,9H2,1-2H3,(H,14,16). The molecule has 0 saturated carbocycles. The molecule has 0 spiro atoms. The van der Waals surface area contributed by atoms with Crippen molar-refractivity contribution in [2.24, 2.45) is 0 Å². The first-order valence-corrected chi connectivity index (χ1v) is 5.50. The van der Waals surface area contributed by atoms with Gasteiger partial charge >= 0.3 is 6.03 Å². The molecule has 0 aliphatic carbocycles. The van der Waals surface area contributed by atoms with E-state index in [-0.39, 0.29) is 11.8 Å². The highest BCUT2D eigenvalue weighted by Gasteiger charge is 2.12. The van der Waals surface area contributed by atoms with E-state index < -0.39 is 0 Å². The lowest BCUT2D eigenvalue weighted by molar-refractivity contribution is 0.246. The van der Waals surface area contributed by atoms with Crippen LogP contribution in [0.4, 0.5) is 14.9 Å². The van der Waals surface area contributed by atoms with Gasteiger partial charge < -0.3 is 5.32 Å². The molecule has 4 heteroatoms. The molecule has 88 valence electrons. The average Bonchev–Trinajstić information content (AvgIpc) is 2.30. The molecular weight excluding hydrogens is 207 g/mol. The van der Waals surface area contributed by atoms with Crippen molar-refractivity contribution in [2.75, 3.05) is 18.0 Å². The molecule has 0 bridgehead atoms. The fraction of sp³-hybridized carbons (Fsp3) is 0.417. The summed E-state index contributed by atoms with van der Waals surface area (Å²) in [6.07, 6.45) is 0.896. The molecule has 0 aliphatic heterocycles. The topological polar surface area (TPSA) is 32.3 Å². The number of hydrogen-bond donors (Lipinski definition) is 1. The maximum Gasteiger partial charge on any atom is 0.321 e. The van der Waals surface area contributed by atoms with Crippen molar-refractivity contribution in [1.82, 2.24) is 5.32 Å². The molecule has 0 radical (unpaired) electrons. The number of carbonyl (C=O) groups is 1. The minimum absolute atomic E-state index is 0.143. The Labute approximate surface area is 95.3 Å². The Kier molecular flexibility index (Phi) is 4.76. The predicted molar refractivity (Wildman–Crippen MR) is 63.1 cm³/mol. The zero-order valence-electron chi connectivity index (χ0n) is 9.66. The number of benzene rings is 1. The van der Waals surface area contributed by atoms with Crippen LogP contribution < -0.4 is 10.2 Å². The maximum atomic E-state index is 12.7. The molecule has 0 saturated heterocycles. The lowest BCUT2D eigenvalue weighted by Crippen LogP contribution is -2.40. The lowest BCUT2D eigenvalue weighted by Gasteiger charge is -2.21.